The molecule has 1 aliphatic heterocycles. The van der Waals surface area contributed by atoms with E-state index in [9.17, 15) is 0 Å². The van der Waals surface area contributed by atoms with E-state index in [1.807, 2.05) is 6.92 Å². The van der Waals surface area contributed by atoms with Crippen LogP contribution in [0.2, 0.25) is 0 Å². The van der Waals surface area contributed by atoms with Crippen molar-refractivity contribution in [3.8, 4) is 0 Å². The van der Waals surface area contributed by atoms with Crippen LogP contribution < -0.4 is 5.73 Å². The lowest BCUT2D eigenvalue weighted by Gasteiger charge is -2.37. The number of nitrogens with zero attached hydrogens (tertiary/aromatic N) is 2. The van der Waals surface area contributed by atoms with Crippen LogP contribution in [0.15, 0.2) is 5.38 Å². The Morgan fingerprint density at radius 3 is 2.76 bits per heavy atom. The number of thiazole rings is 1. The van der Waals surface area contributed by atoms with Crippen molar-refractivity contribution in [3.05, 3.63) is 16.1 Å². The number of nitrogens with two attached hydrogens (primary N) is 1. The zero-order valence-electron chi connectivity index (χ0n) is 11.0. The van der Waals surface area contributed by atoms with Crippen molar-refractivity contribution < 1.29 is 0 Å². The quantitative estimate of drug-likeness (QED) is 0.900. The van der Waals surface area contributed by atoms with Crippen LogP contribution in [0.1, 0.15) is 62.8 Å². The van der Waals surface area contributed by atoms with E-state index in [2.05, 4.69) is 24.1 Å². The van der Waals surface area contributed by atoms with E-state index in [-0.39, 0.29) is 6.04 Å². The average molecular weight is 253 g/mol. The first-order valence-corrected chi connectivity index (χ1v) is 7.44. The van der Waals surface area contributed by atoms with Gasteiger partial charge in [-0.2, -0.15) is 0 Å². The van der Waals surface area contributed by atoms with Crippen molar-refractivity contribution in [2.24, 2.45) is 5.73 Å². The normalized spacial score (nSPS) is 24.2. The van der Waals surface area contributed by atoms with Crippen LogP contribution in [0.4, 0.5) is 0 Å². The molecule has 2 unspecified atom stereocenters. The van der Waals surface area contributed by atoms with Crippen molar-refractivity contribution in [1.29, 1.82) is 0 Å². The number of aromatic nitrogens is 1. The third kappa shape index (κ3) is 2.87. The third-order valence-corrected chi connectivity index (χ3v) is 4.46. The summed E-state index contributed by atoms with van der Waals surface area (Å²) in [7, 11) is 0. The fourth-order valence-electron chi connectivity index (χ4n) is 2.50. The molecule has 1 aliphatic rings. The minimum atomic E-state index is 0.0519. The molecule has 1 saturated heterocycles. The second-order valence-electron chi connectivity index (χ2n) is 5.24. The van der Waals surface area contributed by atoms with Gasteiger partial charge >= 0.3 is 0 Å². The molecular formula is C13H23N3S. The molecule has 2 heterocycles. The highest BCUT2D eigenvalue weighted by atomic mass is 32.1. The van der Waals surface area contributed by atoms with E-state index in [4.69, 9.17) is 10.7 Å². The molecule has 0 radical (unpaired) electrons. The standard InChI is InChI=1S/C13H23N3S/c1-9(2)16-7-5-4-6-12(16)13-15-11(8-17-13)10(3)14/h8-10,12H,4-7,14H2,1-3H3. The van der Waals surface area contributed by atoms with E-state index in [0.29, 0.717) is 12.1 Å². The van der Waals surface area contributed by atoms with Gasteiger partial charge in [0.15, 0.2) is 0 Å². The van der Waals surface area contributed by atoms with Gasteiger partial charge in [0.1, 0.15) is 5.01 Å². The van der Waals surface area contributed by atoms with Crippen molar-refractivity contribution in [2.45, 2.75) is 58.2 Å². The first-order chi connectivity index (χ1) is 8.09. The SMILES string of the molecule is CC(N)c1csc(C2CCCCN2C(C)C)n1. The minimum absolute atomic E-state index is 0.0519. The summed E-state index contributed by atoms with van der Waals surface area (Å²) in [5.41, 5.74) is 6.92. The van der Waals surface area contributed by atoms with Crippen molar-refractivity contribution in [2.75, 3.05) is 6.54 Å². The van der Waals surface area contributed by atoms with Gasteiger partial charge in [0.2, 0.25) is 0 Å². The molecule has 0 saturated carbocycles. The molecule has 1 aromatic rings. The number of likely N-dealkylation sites (tertiary alicyclic amines) is 1. The summed E-state index contributed by atoms with van der Waals surface area (Å²) >= 11 is 1.77. The molecule has 0 amide bonds. The molecule has 2 rings (SSSR count). The van der Waals surface area contributed by atoms with Gasteiger partial charge in [-0.25, -0.2) is 4.98 Å². The molecule has 96 valence electrons. The minimum Gasteiger partial charge on any atom is -0.323 e. The Morgan fingerprint density at radius 1 is 1.41 bits per heavy atom. The van der Waals surface area contributed by atoms with Gasteiger partial charge in [-0.05, 0) is 40.2 Å². The first-order valence-electron chi connectivity index (χ1n) is 6.56. The maximum atomic E-state index is 5.88. The van der Waals surface area contributed by atoms with E-state index >= 15 is 0 Å². The lowest BCUT2D eigenvalue weighted by atomic mass is 10.0. The maximum absolute atomic E-state index is 5.88. The van der Waals surface area contributed by atoms with Gasteiger partial charge in [-0.15, -0.1) is 11.3 Å². The molecule has 2 atom stereocenters. The first kappa shape index (κ1) is 13.0. The lowest BCUT2D eigenvalue weighted by molar-refractivity contribution is 0.111. The smallest absolute Gasteiger partial charge is 0.110 e. The summed E-state index contributed by atoms with van der Waals surface area (Å²) in [6, 6.07) is 1.17. The predicted octanol–water partition coefficient (Wildman–Crippen LogP) is 3.10. The fraction of sp³-hybridized carbons (Fsp3) is 0.769. The molecular weight excluding hydrogens is 230 g/mol. The zero-order chi connectivity index (χ0) is 12.4. The van der Waals surface area contributed by atoms with E-state index in [1.165, 1.54) is 30.8 Å². The largest absolute Gasteiger partial charge is 0.323 e. The molecule has 3 nitrogen and oxygen atoms in total. The van der Waals surface area contributed by atoms with Gasteiger partial charge in [0.05, 0.1) is 11.7 Å². The summed E-state index contributed by atoms with van der Waals surface area (Å²) in [6.07, 6.45) is 3.88. The van der Waals surface area contributed by atoms with E-state index < -0.39 is 0 Å². The van der Waals surface area contributed by atoms with Gasteiger partial charge < -0.3 is 5.73 Å². The summed E-state index contributed by atoms with van der Waals surface area (Å²) < 4.78 is 0. The summed E-state index contributed by atoms with van der Waals surface area (Å²) in [6.45, 7) is 7.76. The van der Waals surface area contributed by atoms with Crippen LogP contribution >= 0.6 is 11.3 Å². The van der Waals surface area contributed by atoms with Gasteiger partial charge in [-0.3, -0.25) is 4.90 Å². The molecule has 17 heavy (non-hydrogen) atoms. The van der Waals surface area contributed by atoms with Gasteiger partial charge in [0.25, 0.3) is 0 Å². The Morgan fingerprint density at radius 2 is 2.18 bits per heavy atom. The third-order valence-electron chi connectivity index (χ3n) is 3.50. The van der Waals surface area contributed by atoms with Crippen molar-refractivity contribution in [3.63, 3.8) is 0 Å². The Hall–Kier alpha value is -0.450. The van der Waals surface area contributed by atoms with E-state index in [0.717, 1.165) is 5.69 Å². The van der Waals surface area contributed by atoms with Crippen LogP contribution in [0.25, 0.3) is 0 Å². The predicted molar refractivity (Wildman–Crippen MR) is 73.2 cm³/mol. The molecule has 1 fully saturated rings. The highest BCUT2D eigenvalue weighted by Crippen LogP contribution is 2.34. The van der Waals surface area contributed by atoms with Crippen LogP contribution in [0.5, 0.6) is 0 Å². The number of rotatable bonds is 3. The average Bonchev–Trinajstić information content (AvgIpc) is 2.78. The maximum Gasteiger partial charge on any atom is 0.110 e. The summed E-state index contributed by atoms with van der Waals surface area (Å²) in [5.74, 6) is 0. The Balaban J connectivity index is 2.17. The Labute approximate surface area is 108 Å². The summed E-state index contributed by atoms with van der Waals surface area (Å²) in [5, 5.41) is 3.37. The molecule has 0 bridgehead atoms. The number of hydrogen-bond acceptors (Lipinski definition) is 4. The summed E-state index contributed by atoms with van der Waals surface area (Å²) in [4.78, 5) is 7.29. The topological polar surface area (TPSA) is 42.1 Å². The van der Waals surface area contributed by atoms with Crippen molar-refractivity contribution >= 4 is 11.3 Å². The molecule has 0 aromatic carbocycles. The molecule has 2 N–H and O–H groups in total. The number of piperidine rings is 1. The highest BCUT2D eigenvalue weighted by Gasteiger charge is 2.28. The monoisotopic (exact) mass is 253 g/mol. The Bertz CT molecular complexity index is 359. The van der Waals surface area contributed by atoms with Crippen LogP contribution in [0.3, 0.4) is 0 Å². The zero-order valence-corrected chi connectivity index (χ0v) is 11.8. The van der Waals surface area contributed by atoms with E-state index in [1.54, 1.807) is 11.3 Å². The molecule has 1 aromatic heterocycles. The molecule has 0 aliphatic carbocycles. The van der Waals surface area contributed by atoms with Gasteiger partial charge in [0, 0.05) is 17.5 Å². The second kappa shape index (κ2) is 5.46. The second-order valence-corrected chi connectivity index (χ2v) is 6.13. The van der Waals surface area contributed by atoms with Crippen molar-refractivity contribution in [1.82, 2.24) is 9.88 Å². The fourth-order valence-corrected chi connectivity index (χ4v) is 3.58. The molecule has 0 spiro atoms. The number of hydrogen-bond donors (Lipinski definition) is 1. The van der Waals surface area contributed by atoms with Crippen LogP contribution in [0, 0.1) is 0 Å². The lowest BCUT2D eigenvalue weighted by Crippen LogP contribution is -2.38. The van der Waals surface area contributed by atoms with Crippen LogP contribution in [-0.2, 0) is 0 Å². The Kier molecular flexibility index (Phi) is 4.17. The highest BCUT2D eigenvalue weighted by molar-refractivity contribution is 7.09. The molecule has 4 heteroatoms. The van der Waals surface area contributed by atoms with Gasteiger partial charge in [-0.1, -0.05) is 6.42 Å². The van der Waals surface area contributed by atoms with Crippen LogP contribution in [-0.4, -0.2) is 22.5 Å².